The van der Waals surface area contributed by atoms with E-state index >= 15 is 0 Å². The van der Waals surface area contributed by atoms with Crippen LogP contribution in [0.3, 0.4) is 0 Å². The molecule has 0 aliphatic rings. The van der Waals surface area contributed by atoms with Gasteiger partial charge >= 0.3 is 5.88 Å². The van der Waals surface area contributed by atoms with E-state index in [9.17, 15) is 14.9 Å². The number of hydrogen-bond donors (Lipinski definition) is 0. The molecule has 0 spiro atoms. The van der Waals surface area contributed by atoms with Gasteiger partial charge in [0.1, 0.15) is 17.6 Å². The highest BCUT2D eigenvalue weighted by Gasteiger charge is 2.24. The SMILES string of the molecule is C[C@@H](c1ccc(-n2cncn2)cc1)N(C)C(=O)c1ccc([N+](=O)[O-])o1. The summed E-state index contributed by atoms with van der Waals surface area (Å²) in [6, 6.07) is 9.73. The van der Waals surface area contributed by atoms with Crippen LogP contribution in [0.5, 0.6) is 0 Å². The van der Waals surface area contributed by atoms with Crippen molar-refractivity contribution in [2.45, 2.75) is 13.0 Å². The number of rotatable bonds is 5. The van der Waals surface area contributed by atoms with E-state index in [0.29, 0.717) is 0 Å². The monoisotopic (exact) mass is 341 g/mol. The first kappa shape index (κ1) is 16.4. The van der Waals surface area contributed by atoms with Crippen LogP contribution in [0.15, 0.2) is 53.5 Å². The Morgan fingerprint density at radius 1 is 1.28 bits per heavy atom. The lowest BCUT2D eigenvalue weighted by atomic mass is 10.1. The summed E-state index contributed by atoms with van der Waals surface area (Å²) in [5.41, 5.74) is 1.75. The van der Waals surface area contributed by atoms with Gasteiger partial charge in [-0.05, 0) is 30.7 Å². The Labute approximate surface area is 142 Å². The molecular weight excluding hydrogens is 326 g/mol. The molecule has 2 heterocycles. The highest BCUT2D eigenvalue weighted by Crippen LogP contribution is 2.24. The van der Waals surface area contributed by atoms with Gasteiger partial charge in [0.2, 0.25) is 0 Å². The van der Waals surface area contributed by atoms with E-state index < -0.39 is 16.7 Å². The molecule has 9 heteroatoms. The number of nitro groups is 1. The summed E-state index contributed by atoms with van der Waals surface area (Å²) in [6.07, 6.45) is 3.05. The van der Waals surface area contributed by atoms with Crippen LogP contribution in [0.25, 0.3) is 5.69 Å². The predicted octanol–water partition coefficient (Wildman–Crippen LogP) is 2.60. The number of carbonyl (C=O) groups is 1. The molecule has 0 fully saturated rings. The van der Waals surface area contributed by atoms with Gasteiger partial charge in [0, 0.05) is 7.05 Å². The van der Waals surface area contributed by atoms with Crippen LogP contribution < -0.4 is 0 Å². The summed E-state index contributed by atoms with van der Waals surface area (Å²) in [6.45, 7) is 1.86. The second kappa shape index (κ2) is 6.56. The van der Waals surface area contributed by atoms with E-state index in [-0.39, 0.29) is 11.8 Å². The first-order valence-electron chi connectivity index (χ1n) is 7.43. The number of amides is 1. The molecule has 1 atom stereocenters. The lowest BCUT2D eigenvalue weighted by Crippen LogP contribution is -2.29. The Balaban J connectivity index is 1.75. The first-order valence-corrected chi connectivity index (χ1v) is 7.43. The van der Waals surface area contributed by atoms with Crippen LogP contribution in [0, 0.1) is 10.1 Å². The van der Waals surface area contributed by atoms with Crippen LogP contribution in [0.2, 0.25) is 0 Å². The molecule has 0 saturated carbocycles. The molecule has 0 unspecified atom stereocenters. The lowest BCUT2D eigenvalue weighted by Gasteiger charge is -2.24. The Morgan fingerprint density at radius 2 is 2.00 bits per heavy atom. The van der Waals surface area contributed by atoms with E-state index in [0.717, 1.165) is 11.3 Å². The number of benzene rings is 1. The minimum Gasteiger partial charge on any atom is -0.395 e. The molecule has 1 amide bonds. The van der Waals surface area contributed by atoms with Crippen molar-refractivity contribution in [3.05, 3.63) is 70.5 Å². The van der Waals surface area contributed by atoms with Crippen molar-refractivity contribution in [1.82, 2.24) is 19.7 Å². The normalized spacial score (nSPS) is 11.9. The zero-order valence-corrected chi connectivity index (χ0v) is 13.6. The summed E-state index contributed by atoms with van der Waals surface area (Å²) in [7, 11) is 1.62. The van der Waals surface area contributed by atoms with Crippen molar-refractivity contribution in [3.8, 4) is 5.69 Å². The zero-order valence-electron chi connectivity index (χ0n) is 13.6. The molecule has 0 radical (unpaired) electrons. The third-order valence-corrected chi connectivity index (χ3v) is 3.94. The number of carbonyl (C=O) groups excluding carboxylic acids is 1. The molecule has 0 aliphatic heterocycles. The predicted molar refractivity (Wildman–Crippen MR) is 87.2 cm³/mol. The Bertz CT molecular complexity index is 886. The average Bonchev–Trinajstić information content (AvgIpc) is 3.31. The maximum Gasteiger partial charge on any atom is 0.433 e. The number of aromatic nitrogens is 3. The fourth-order valence-corrected chi connectivity index (χ4v) is 2.36. The number of furan rings is 1. The summed E-state index contributed by atoms with van der Waals surface area (Å²) < 4.78 is 6.60. The molecule has 2 aromatic heterocycles. The minimum atomic E-state index is -0.678. The van der Waals surface area contributed by atoms with E-state index in [4.69, 9.17) is 4.42 Å². The molecule has 0 N–H and O–H groups in total. The molecule has 3 rings (SSSR count). The maximum absolute atomic E-state index is 12.4. The third-order valence-electron chi connectivity index (χ3n) is 3.94. The van der Waals surface area contributed by atoms with E-state index in [1.165, 1.54) is 23.4 Å². The van der Waals surface area contributed by atoms with Gasteiger partial charge in [-0.3, -0.25) is 14.9 Å². The molecule has 0 aliphatic carbocycles. The van der Waals surface area contributed by atoms with Gasteiger partial charge in [0.25, 0.3) is 5.91 Å². The topological polar surface area (TPSA) is 107 Å². The number of nitrogens with zero attached hydrogens (tertiary/aromatic N) is 5. The van der Waals surface area contributed by atoms with Crippen molar-refractivity contribution in [3.63, 3.8) is 0 Å². The first-order chi connectivity index (χ1) is 12.0. The highest BCUT2D eigenvalue weighted by atomic mass is 16.6. The Morgan fingerprint density at radius 3 is 2.56 bits per heavy atom. The standard InChI is InChI=1S/C16H15N5O4/c1-11(12-3-5-13(6-4-12)20-10-17-9-18-20)19(2)16(22)14-7-8-15(25-14)21(23)24/h3-11H,1-2H3/t11-/m0/s1. The molecule has 0 bridgehead atoms. The largest absolute Gasteiger partial charge is 0.433 e. The van der Waals surface area contributed by atoms with Crippen LogP contribution in [-0.4, -0.2) is 37.5 Å². The second-order valence-electron chi connectivity index (χ2n) is 5.42. The van der Waals surface area contributed by atoms with Crippen LogP contribution >= 0.6 is 0 Å². The van der Waals surface area contributed by atoms with Crippen molar-refractivity contribution in [2.24, 2.45) is 0 Å². The fourth-order valence-electron chi connectivity index (χ4n) is 2.36. The summed E-state index contributed by atoms with van der Waals surface area (Å²) in [5.74, 6) is -0.956. The molecule has 1 aromatic carbocycles. The maximum atomic E-state index is 12.4. The fraction of sp³-hybridized carbons (Fsp3) is 0.188. The van der Waals surface area contributed by atoms with Crippen LogP contribution in [0.1, 0.15) is 29.1 Å². The van der Waals surface area contributed by atoms with Crippen molar-refractivity contribution in [2.75, 3.05) is 7.05 Å². The Hall–Kier alpha value is -3.49. The molecule has 3 aromatic rings. The van der Waals surface area contributed by atoms with Gasteiger partial charge in [-0.15, -0.1) is 0 Å². The van der Waals surface area contributed by atoms with Crippen LogP contribution in [0.4, 0.5) is 5.88 Å². The van der Waals surface area contributed by atoms with Crippen molar-refractivity contribution in [1.29, 1.82) is 0 Å². The molecule has 128 valence electrons. The molecule has 0 saturated heterocycles. The van der Waals surface area contributed by atoms with E-state index in [1.54, 1.807) is 18.1 Å². The Kier molecular flexibility index (Phi) is 4.29. The summed E-state index contributed by atoms with van der Waals surface area (Å²) >= 11 is 0. The lowest BCUT2D eigenvalue weighted by molar-refractivity contribution is -0.402. The molecular formula is C16H15N5O4. The van der Waals surface area contributed by atoms with Gasteiger partial charge in [-0.1, -0.05) is 12.1 Å². The van der Waals surface area contributed by atoms with Gasteiger partial charge in [0.05, 0.1) is 17.8 Å². The van der Waals surface area contributed by atoms with Crippen molar-refractivity contribution >= 4 is 11.8 Å². The van der Waals surface area contributed by atoms with Gasteiger partial charge < -0.3 is 9.32 Å². The number of hydrogen-bond acceptors (Lipinski definition) is 6. The van der Waals surface area contributed by atoms with Gasteiger partial charge in [-0.25, -0.2) is 9.67 Å². The van der Waals surface area contributed by atoms with Crippen molar-refractivity contribution < 1.29 is 14.1 Å². The van der Waals surface area contributed by atoms with Crippen LogP contribution in [-0.2, 0) is 0 Å². The highest BCUT2D eigenvalue weighted by molar-refractivity contribution is 5.91. The van der Waals surface area contributed by atoms with E-state index in [2.05, 4.69) is 10.1 Å². The summed E-state index contributed by atoms with van der Waals surface area (Å²) in [5, 5.41) is 14.7. The van der Waals surface area contributed by atoms with E-state index in [1.807, 2.05) is 31.2 Å². The molecule has 9 nitrogen and oxygen atoms in total. The zero-order chi connectivity index (χ0) is 18.0. The molecule has 25 heavy (non-hydrogen) atoms. The quantitative estimate of drug-likeness (QED) is 0.521. The van der Waals surface area contributed by atoms with Gasteiger partial charge in [-0.2, -0.15) is 5.10 Å². The third kappa shape index (κ3) is 3.25. The average molecular weight is 341 g/mol. The minimum absolute atomic E-state index is 0.0692. The smallest absolute Gasteiger partial charge is 0.395 e. The summed E-state index contributed by atoms with van der Waals surface area (Å²) in [4.78, 5) is 27.8. The van der Waals surface area contributed by atoms with Gasteiger partial charge in [0.15, 0.2) is 5.76 Å². The second-order valence-corrected chi connectivity index (χ2v) is 5.42.